The summed E-state index contributed by atoms with van der Waals surface area (Å²) in [5.74, 6) is 1.37. The normalized spacial score (nSPS) is 10.8. The molecule has 33 heavy (non-hydrogen) atoms. The van der Waals surface area contributed by atoms with Crippen LogP contribution in [0.1, 0.15) is 11.1 Å². The van der Waals surface area contributed by atoms with Gasteiger partial charge in [-0.25, -0.2) is 0 Å². The highest BCUT2D eigenvalue weighted by Gasteiger charge is 2.20. The van der Waals surface area contributed by atoms with Crippen LogP contribution >= 0.6 is 23.4 Å². The van der Waals surface area contributed by atoms with Crippen LogP contribution in [0.15, 0.2) is 71.9 Å². The lowest BCUT2D eigenvalue weighted by Crippen LogP contribution is -2.14. The van der Waals surface area contributed by atoms with Crippen LogP contribution in [-0.4, -0.2) is 33.5 Å². The van der Waals surface area contributed by atoms with Gasteiger partial charge in [-0.1, -0.05) is 41.6 Å². The lowest BCUT2D eigenvalue weighted by atomic mass is 10.1. The number of carbonyl (C=O) groups excluding carboxylic acids is 1. The Balaban J connectivity index is 1.63. The lowest BCUT2D eigenvalue weighted by molar-refractivity contribution is -0.113. The zero-order valence-electron chi connectivity index (χ0n) is 18.5. The summed E-state index contributed by atoms with van der Waals surface area (Å²) in [5, 5.41) is 13.0. The van der Waals surface area contributed by atoms with E-state index in [2.05, 4.69) is 21.6 Å². The first-order valence-electron chi connectivity index (χ1n) is 10.3. The molecule has 0 atom stereocenters. The van der Waals surface area contributed by atoms with Crippen LogP contribution in [0.4, 0.5) is 5.69 Å². The molecule has 0 spiro atoms. The average molecular weight is 479 g/mol. The van der Waals surface area contributed by atoms with Crippen LogP contribution in [0.25, 0.3) is 17.1 Å². The highest BCUT2D eigenvalue weighted by atomic mass is 35.5. The Hall–Kier alpha value is -3.29. The molecule has 0 bridgehead atoms. The van der Waals surface area contributed by atoms with E-state index in [1.807, 2.05) is 79.1 Å². The van der Waals surface area contributed by atoms with E-state index in [0.717, 1.165) is 28.1 Å². The van der Waals surface area contributed by atoms with E-state index < -0.39 is 0 Å². The monoisotopic (exact) mass is 478 g/mol. The third kappa shape index (κ3) is 5.38. The van der Waals surface area contributed by atoms with Crippen molar-refractivity contribution in [3.63, 3.8) is 0 Å². The van der Waals surface area contributed by atoms with Crippen molar-refractivity contribution in [2.75, 3.05) is 18.2 Å². The molecule has 0 saturated heterocycles. The Kier molecular flexibility index (Phi) is 7.01. The number of halogens is 1. The molecule has 3 aromatic carbocycles. The largest absolute Gasteiger partial charge is 0.496 e. The summed E-state index contributed by atoms with van der Waals surface area (Å²) in [6.45, 7) is 4.01. The highest BCUT2D eigenvalue weighted by molar-refractivity contribution is 7.99. The van der Waals surface area contributed by atoms with E-state index in [-0.39, 0.29) is 11.7 Å². The van der Waals surface area contributed by atoms with E-state index in [4.69, 9.17) is 16.3 Å². The summed E-state index contributed by atoms with van der Waals surface area (Å²) in [6.07, 6.45) is 0. The molecule has 0 radical (unpaired) electrons. The second-order valence-corrected chi connectivity index (χ2v) is 8.91. The number of nitrogens with one attached hydrogen (secondary N) is 1. The summed E-state index contributed by atoms with van der Waals surface area (Å²) in [5.41, 5.74) is 4.62. The molecule has 0 aliphatic carbocycles. The van der Waals surface area contributed by atoms with Crippen LogP contribution in [0.3, 0.4) is 0 Å². The fourth-order valence-corrected chi connectivity index (χ4v) is 4.44. The zero-order valence-corrected chi connectivity index (χ0v) is 20.1. The lowest BCUT2D eigenvalue weighted by Gasteiger charge is -2.13. The maximum absolute atomic E-state index is 12.7. The minimum absolute atomic E-state index is 0.116. The SMILES string of the molecule is COc1ccccc1-c1nnc(SCC(=O)Nc2cc(C)cc(C)c2)n1-c1ccc(Cl)cc1. The predicted molar refractivity (Wildman–Crippen MR) is 134 cm³/mol. The number of carbonyl (C=O) groups is 1. The Morgan fingerprint density at radius 1 is 1.03 bits per heavy atom. The molecule has 0 fully saturated rings. The van der Waals surface area contributed by atoms with Gasteiger partial charge in [-0.05, 0) is 73.5 Å². The molecule has 1 aromatic heterocycles. The van der Waals surface area contributed by atoms with Gasteiger partial charge >= 0.3 is 0 Å². The number of ether oxygens (including phenoxy) is 1. The summed E-state index contributed by atoms with van der Waals surface area (Å²) in [4.78, 5) is 12.7. The first kappa shape index (κ1) is 22.9. The van der Waals surface area contributed by atoms with Crippen LogP contribution in [0.2, 0.25) is 5.02 Å². The number of anilines is 1. The fraction of sp³-hybridized carbons (Fsp3) is 0.160. The summed E-state index contributed by atoms with van der Waals surface area (Å²) >= 11 is 7.41. The van der Waals surface area contributed by atoms with Crippen molar-refractivity contribution in [2.45, 2.75) is 19.0 Å². The molecule has 1 N–H and O–H groups in total. The summed E-state index contributed by atoms with van der Waals surface area (Å²) in [6, 6.07) is 21.0. The van der Waals surface area contributed by atoms with Gasteiger partial charge in [0.25, 0.3) is 0 Å². The van der Waals surface area contributed by atoms with Gasteiger partial charge in [-0.3, -0.25) is 9.36 Å². The van der Waals surface area contributed by atoms with Crippen LogP contribution in [0.5, 0.6) is 5.75 Å². The van der Waals surface area contributed by atoms with E-state index >= 15 is 0 Å². The minimum Gasteiger partial charge on any atom is -0.496 e. The highest BCUT2D eigenvalue weighted by Crippen LogP contribution is 2.33. The van der Waals surface area contributed by atoms with Crippen LogP contribution in [-0.2, 0) is 4.79 Å². The number of hydrogen-bond donors (Lipinski definition) is 1. The second-order valence-electron chi connectivity index (χ2n) is 7.53. The van der Waals surface area contributed by atoms with E-state index in [1.165, 1.54) is 11.8 Å². The van der Waals surface area contributed by atoms with Crippen molar-refractivity contribution in [1.29, 1.82) is 0 Å². The Labute approximate surface area is 202 Å². The Morgan fingerprint density at radius 2 is 1.73 bits per heavy atom. The smallest absolute Gasteiger partial charge is 0.234 e. The van der Waals surface area contributed by atoms with Crippen molar-refractivity contribution >= 4 is 35.0 Å². The van der Waals surface area contributed by atoms with Gasteiger partial charge in [0.05, 0.1) is 18.4 Å². The number of aryl methyl sites for hydroxylation is 2. The number of aromatic nitrogens is 3. The fourth-order valence-electron chi connectivity index (χ4n) is 3.56. The minimum atomic E-state index is -0.116. The van der Waals surface area contributed by atoms with Gasteiger partial charge < -0.3 is 10.1 Å². The Bertz CT molecular complexity index is 1270. The van der Waals surface area contributed by atoms with Crippen molar-refractivity contribution in [3.05, 3.63) is 82.9 Å². The molecule has 4 aromatic rings. The van der Waals surface area contributed by atoms with Crippen molar-refractivity contribution in [2.24, 2.45) is 0 Å². The van der Waals surface area contributed by atoms with Gasteiger partial charge in [-0.15, -0.1) is 10.2 Å². The quantitative estimate of drug-likeness (QED) is 0.333. The van der Waals surface area contributed by atoms with Crippen molar-refractivity contribution < 1.29 is 9.53 Å². The van der Waals surface area contributed by atoms with Crippen LogP contribution in [0, 0.1) is 13.8 Å². The van der Waals surface area contributed by atoms with E-state index in [9.17, 15) is 4.79 Å². The second kappa shape index (κ2) is 10.1. The third-order valence-electron chi connectivity index (χ3n) is 4.90. The standard InChI is InChI=1S/C25H23ClN4O2S/c1-16-12-17(2)14-19(13-16)27-23(31)15-33-25-29-28-24(21-6-4-5-7-22(21)32-3)30(25)20-10-8-18(26)9-11-20/h4-14H,15H2,1-3H3,(H,27,31). The number of nitrogens with zero attached hydrogens (tertiary/aromatic N) is 3. The average Bonchev–Trinajstić information content (AvgIpc) is 3.21. The molecule has 0 unspecified atom stereocenters. The van der Waals surface area contributed by atoms with Gasteiger partial charge in [0.2, 0.25) is 5.91 Å². The third-order valence-corrected chi connectivity index (χ3v) is 6.08. The number of hydrogen-bond acceptors (Lipinski definition) is 5. The zero-order chi connectivity index (χ0) is 23.4. The van der Waals surface area contributed by atoms with E-state index in [1.54, 1.807) is 7.11 Å². The predicted octanol–water partition coefficient (Wildman–Crippen LogP) is 5.94. The molecule has 8 heteroatoms. The number of para-hydroxylation sites is 1. The summed E-state index contributed by atoms with van der Waals surface area (Å²) < 4.78 is 7.44. The molecule has 4 rings (SSSR count). The first-order valence-corrected chi connectivity index (χ1v) is 11.7. The molecule has 1 heterocycles. The maximum atomic E-state index is 12.7. The number of methoxy groups -OCH3 is 1. The number of rotatable bonds is 7. The van der Waals surface area contributed by atoms with Crippen molar-refractivity contribution in [3.8, 4) is 22.8 Å². The van der Waals surface area contributed by atoms with Gasteiger partial charge in [0, 0.05) is 16.4 Å². The molecule has 1 amide bonds. The molecular weight excluding hydrogens is 456 g/mol. The molecular formula is C25H23ClN4O2S. The number of thioether (sulfide) groups is 1. The van der Waals surface area contributed by atoms with Gasteiger partial charge in [-0.2, -0.15) is 0 Å². The molecule has 168 valence electrons. The molecule has 0 saturated carbocycles. The first-order chi connectivity index (χ1) is 15.9. The summed E-state index contributed by atoms with van der Waals surface area (Å²) in [7, 11) is 1.62. The maximum Gasteiger partial charge on any atom is 0.234 e. The van der Waals surface area contributed by atoms with Crippen molar-refractivity contribution in [1.82, 2.24) is 14.8 Å². The van der Waals surface area contributed by atoms with Gasteiger partial charge in [0.1, 0.15) is 5.75 Å². The number of benzene rings is 3. The molecule has 0 aliphatic heterocycles. The molecule has 6 nitrogen and oxygen atoms in total. The molecule has 0 aliphatic rings. The van der Waals surface area contributed by atoms with Gasteiger partial charge in [0.15, 0.2) is 11.0 Å². The Morgan fingerprint density at radius 3 is 2.42 bits per heavy atom. The number of amides is 1. The van der Waals surface area contributed by atoms with Crippen LogP contribution < -0.4 is 10.1 Å². The topological polar surface area (TPSA) is 69.0 Å². The van der Waals surface area contributed by atoms with E-state index in [0.29, 0.717) is 21.8 Å².